The Hall–Kier alpha value is -2.21. The highest BCUT2D eigenvalue weighted by Crippen LogP contribution is 2.23. The summed E-state index contributed by atoms with van der Waals surface area (Å²) in [6.07, 6.45) is 1.78. The first-order chi connectivity index (χ1) is 9.19. The number of rotatable bonds is 2. The number of fused-ring (bicyclic) bond motifs is 1. The monoisotopic (exact) mass is 275 g/mol. The number of hydrogen-bond donors (Lipinski definition) is 1. The number of hydrogen-bond acceptors (Lipinski definition) is 3. The van der Waals surface area contributed by atoms with Gasteiger partial charge in [0.2, 0.25) is 0 Å². The molecule has 0 saturated heterocycles. The van der Waals surface area contributed by atoms with Crippen LogP contribution in [0.15, 0.2) is 35.8 Å². The topological polar surface area (TPSA) is 46.4 Å². The Morgan fingerprint density at radius 2 is 2.11 bits per heavy atom. The molecule has 3 aromatic rings. The van der Waals surface area contributed by atoms with Crippen LogP contribution in [0.1, 0.15) is 10.5 Å². The van der Waals surface area contributed by atoms with E-state index in [-0.39, 0.29) is 11.7 Å². The molecule has 1 amide bonds. The van der Waals surface area contributed by atoms with Crippen LogP contribution in [-0.2, 0) is 0 Å². The van der Waals surface area contributed by atoms with E-state index in [1.807, 2.05) is 0 Å². The lowest BCUT2D eigenvalue weighted by molar-refractivity contribution is 0.0957. The summed E-state index contributed by atoms with van der Waals surface area (Å²) in [5.74, 6) is -0.440. The van der Waals surface area contributed by atoms with Crippen LogP contribution < -0.4 is 5.32 Å². The number of carbonyl (C=O) groups is 1. The maximum absolute atomic E-state index is 12.9. The van der Waals surface area contributed by atoms with Crippen molar-refractivity contribution in [2.45, 2.75) is 0 Å². The normalized spacial score (nSPS) is 10.8. The summed E-state index contributed by atoms with van der Waals surface area (Å²) in [5, 5.41) is 4.35. The zero-order valence-electron chi connectivity index (χ0n) is 10.1. The third-order valence-corrected chi connectivity index (χ3v) is 3.65. The van der Waals surface area contributed by atoms with Crippen LogP contribution in [0.4, 0.5) is 4.39 Å². The van der Waals surface area contributed by atoms with Crippen LogP contribution >= 0.6 is 11.3 Å². The van der Waals surface area contributed by atoms with Gasteiger partial charge in [0.05, 0.1) is 5.69 Å². The smallest absolute Gasteiger partial charge is 0.268 e. The van der Waals surface area contributed by atoms with E-state index in [1.54, 1.807) is 35.2 Å². The van der Waals surface area contributed by atoms with Crippen molar-refractivity contribution in [3.63, 3.8) is 0 Å². The number of aromatic nitrogens is 2. The third-order valence-electron chi connectivity index (χ3n) is 2.81. The zero-order valence-corrected chi connectivity index (χ0v) is 10.9. The van der Waals surface area contributed by atoms with Crippen molar-refractivity contribution in [1.82, 2.24) is 14.7 Å². The molecular formula is C13H10FN3OS. The van der Waals surface area contributed by atoms with Gasteiger partial charge in [-0.2, -0.15) is 0 Å². The van der Waals surface area contributed by atoms with Crippen LogP contribution in [0.5, 0.6) is 0 Å². The summed E-state index contributed by atoms with van der Waals surface area (Å²) in [7, 11) is 1.59. The number of halogens is 1. The highest BCUT2D eigenvalue weighted by molar-refractivity contribution is 7.15. The molecule has 96 valence electrons. The molecule has 0 aliphatic carbocycles. The molecule has 0 atom stereocenters. The summed E-state index contributed by atoms with van der Waals surface area (Å²) in [6.45, 7) is 0. The van der Waals surface area contributed by atoms with Gasteiger partial charge < -0.3 is 5.32 Å². The first-order valence-corrected chi connectivity index (χ1v) is 6.51. The van der Waals surface area contributed by atoms with Crippen molar-refractivity contribution in [3.05, 3.63) is 47.4 Å². The van der Waals surface area contributed by atoms with Crippen molar-refractivity contribution in [2.24, 2.45) is 0 Å². The molecule has 0 bridgehead atoms. The molecule has 0 fully saturated rings. The Morgan fingerprint density at radius 3 is 2.79 bits per heavy atom. The van der Waals surface area contributed by atoms with Gasteiger partial charge in [-0.3, -0.25) is 9.20 Å². The van der Waals surface area contributed by atoms with Crippen molar-refractivity contribution in [3.8, 4) is 11.3 Å². The van der Waals surface area contributed by atoms with E-state index in [9.17, 15) is 9.18 Å². The molecule has 0 aliphatic rings. The van der Waals surface area contributed by atoms with Gasteiger partial charge >= 0.3 is 0 Å². The number of imidazole rings is 1. The lowest BCUT2D eigenvalue weighted by Gasteiger charge is -1.97. The Morgan fingerprint density at radius 1 is 1.37 bits per heavy atom. The Bertz CT molecular complexity index is 745. The molecule has 0 unspecified atom stereocenters. The van der Waals surface area contributed by atoms with Gasteiger partial charge in [-0.15, -0.1) is 11.3 Å². The molecule has 0 radical (unpaired) electrons. The summed E-state index contributed by atoms with van der Waals surface area (Å²) in [6, 6.07) is 6.12. The molecule has 1 N–H and O–H groups in total. The number of benzene rings is 1. The highest BCUT2D eigenvalue weighted by atomic mass is 32.1. The van der Waals surface area contributed by atoms with Crippen molar-refractivity contribution in [2.75, 3.05) is 7.05 Å². The lowest BCUT2D eigenvalue weighted by Crippen LogP contribution is -2.19. The highest BCUT2D eigenvalue weighted by Gasteiger charge is 2.13. The van der Waals surface area contributed by atoms with Gasteiger partial charge in [0.1, 0.15) is 11.5 Å². The van der Waals surface area contributed by atoms with Crippen LogP contribution in [0.2, 0.25) is 0 Å². The van der Waals surface area contributed by atoms with E-state index >= 15 is 0 Å². The SMILES string of the molecule is CNC(=O)c1csc2nc(-c3ccc(F)cc3)cn12. The van der Waals surface area contributed by atoms with E-state index in [0.29, 0.717) is 5.69 Å². The minimum atomic E-state index is -0.282. The van der Waals surface area contributed by atoms with Crippen molar-refractivity contribution >= 4 is 22.2 Å². The van der Waals surface area contributed by atoms with Gasteiger partial charge in [0.25, 0.3) is 5.91 Å². The zero-order chi connectivity index (χ0) is 13.4. The molecule has 2 aromatic heterocycles. The van der Waals surface area contributed by atoms with E-state index in [0.717, 1.165) is 16.2 Å². The van der Waals surface area contributed by atoms with E-state index in [1.165, 1.54) is 23.5 Å². The Kier molecular flexibility index (Phi) is 2.79. The predicted octanol–water partition coefficient (Wildman–Crippen LogP) is 2.56. The Labute approximate surface area is 112 Å². The Balaban J connectivity index is 2.09. The van der Waals surface area contributed by atoms with E-state index in [4.69, 9.17) is 0 Å². The second-order valence-corrected chi connectivity index (χ2v) is 4.82. The fourth-order valence-corrected chi connectivity index (χ4v) is 2.69. The van der Waals surface area contributed by atoms with Crippen LogP contribution in [0.25, 0.3) is 16.2 Å². The summed E-state index contributed by atoms with van der Waals surface area (Å²) >= 11 is 1.39. The molecule has 2 heterocycles. The molecule has 0 spiro atoms. The molecule has 19 heavy (non-hydrogen) atoms. The number of nitrogens with zero attached hydrogens (tertiary/aromatic N) is 2. The van der Waals surface area contributed by atoms with Gasteiger partial charge in [-0.05, 0) is 24.3 Å². The van der Waals surface area contributed by atoms with Crippen LogP contribution in [-0.4, -0.2) is 22.3 Å². The molecular weight excluding hydrogens is 265 g/mol. The first-order valence-electron chi connectivity index (χ1n) is 5.63. The summed E-state index contributed by atoms with van der Waals surface area (Å²) in [5.41, 5.74) is 2.08. The fourth-order valence-electron chi connectivity index (χ4n) is 1.84. The number of thiazole rings is 1. The fraction of sp³-hybridized carbons (Fsp3) is 0.0769. The van der Waals surface area contributed by atoms with Crippen LogP contribution in [0.3, 0.4) is 0 Å². The largest absolute Gasteiger partial charge is 0.354 e. The minimum absolute atomic E-state index is 0.158. The molecule has 4 nitrogen and oxygen atoms in total. The molecule has 3 rings (SSSR count). The molecule has 0 saturated carbocycles. The maximum Gasteiger partial charge on any atom is 0.268 e. The maximum atomic E-state index is 12.9. The quantitative estimate of drug-likeness (QED) is 0.781. The summed E-state index contributed by atoms with van der Waals surface area (Å²) < 4.78 is 14.6. The van der Waals surface area contributed by atoms with Crippen molar-refractivity contribution < 1.29 is 9.18 Å². The average molecular weight is 275 g/mol. The lowest BCUT2D eigenvalue weighted by atomic mass is 10.2. The number of amides is 1. The third kappa shape index (κ3) is 2.00. The molecule has 0 aliphatic heterocycles. The average Bonchev–Trinajstić information content (AvgIpc) is 2.98. The number of nitrogens with one attached hydrogen (secondary N) is 1. The summed E-state index contributed by atoms with van der Waals surface area (Å²) in [4.78, 5) is 16.8. The molecule has 1 aromatic carbocycles. The number of carbonyl (C=O) groups excluding carboxylic acids is 1. The van der Waals surface area contributed by atoms with Crippen molar-refractivity contribution in [1.29, 1.82) is 0 Å². The van der Waals surface area contributed by atoms with Gasteiger partial charge in [0, 0.05) is 24.2 Å². The van der Waals surface area contributed by atoms with Gasteiger partial charge in [-0.25, -0.2) is 9.37 Å². The molecule has 6 heteroatoms. The minimum Gasteiger partial charge on any atom is -0.354 e. The van der Waals surface area contributed by atoms with Crippen LogP contribution in [0, 0.1) is 5.82 Å². The first kappa shape index (κ1) is 11.9. The second-order valence-electron chi connectivity index (χ2n) is 3.99. The predicted molar refractivity (Wildman–Crippen MR) is 71.9 cm³/mol. The van der Waals surface area contributed by atoms with E-state index in [2.05, 4.69) is 10.3 Å². The standard InChI is InChI=1S/C13H10FN3OS/c1-15-12(18)11-7-19-13-16-10(6-17(11)13)8-2-4-9(14)5-3-8/h2-7H,1H3,(H,15,18). The van der Waals surface area contributed by atoms with Gasteiger partial charge in [0.15, 0.2) is 4.96 Å². The second kappa shape index (κ2) is 4.47. The van der Waals surface area contributed by atoms with Gasteiger partial charge in [-0.1, -0.05) is 0 Å². The van der Waals surface area contributed by atoms with E-state index < -0.39 is 0 Å².